The summed E-state index contributed by atoms with van der Waals surface area (Å²) in [4.78, 5) is 16.7. The number of likely N-dealkylation sites (tertiary alicyclic amines) is 1. The summed E-state index contributed by atoms with van der Waals surface area (Å²) >= 11 is 0. The minimum absolute atomic E-state index is 0.148. The van der Waals surface area contributed by atoms with E-state index in [2.05, 4.69) is 24.3 Å². The molecular weight excluding hydrogens is 278 g/mol. The van der Waals surface area contributed by atoms with Gasteiger partial charge in [0.2, 0.25) is 0 Å². The van der Waals surface area contributed by atoms with Crippen molar-refractivity contribution in [1.82, 2.24) is 15.1 Å². The van der Waals surface area contributed by atoms with Crippen LogP contribution in [-0.4, -0.2) is 67.8 Å². The highest BCUT2D eigenvalue weighted by Gasteiger charge is 2.32. The quantitative estimate of drug-likeness (QED) is 0.868. The zero-order chi connectivity index (χ0) is 15.5. The fourth-order valence-corrected chi connectivity index (χ4v) is 4.27. The van der Waals surface area contributed by atoms with E-state index < -0.39 is 0 Å². The van der Waals surface area contributed by atoms with Crippen molar-refractivity contribution in [2.24, 2.45) is 5.92 Å². The summed E-state index contributed by atoms with van der Waals surface area (Å²) in [5.41, 5.74) is 0. The van der Waals surface area contributed by atoms with Crippen LogP contribution in [0.4, 0.5) is 4.79 Å². The summed E-state index contributed by atoms with van der Waals surface area (Å²) in [6.07, 6.45) is 8.48. The Balaban J connectivity index is 1.40. The van der Waals surface area contributed by atoms with Crippen LogP contribution < -0.4 is 5.32 Å². The van der Waals surface area contributed by atoms with Crippen molar-refractivity contribution in [3.63, 3.8) is 0 Å². The van der Waals surface area contributed by atoms with Crippen molar-refractivity contribution in [2.45, 2.75) is 63.1 Å². The van der Waals surface area contributed by atoms with E-state index in [9.17, 15) is 4.79 Å². The van der Waals surface area contributed by atoms with Crippen LogP contribution in [0.1, 0.15) is 44.9 Å². The summed E-state index contributed by atoms with van der Waals surface area (Å²) in [5, 5.41) is 3.25. The molecule has 2 saturated heterocycles. The average molecular weight is 309 g/mol. The third-order valence-corrected chi connectivity index (χ3v) is 5.78. The lowest BCUT2D eigenvalue weighted by Crippen LogP contribution is -2.48. The van der Waals surface area contributed by atoms with Gasteiger partial charge in [-0.25, -0.2) is 4.79 Å². The third-order valence-electron chi connectivity index (χ3n) is 5.78. The first kappa shape index (κ1) is 16.1. The second-order valence-electron chi connectivity index (χ2n) is 7.45. The van der Waals surface area contributed by atoms with E-state index in [1.165, 1.54) is 19.3 Å². The lowest BCUT2D eigenvalue weighted by Gasteiger charge is -2.35. The predicted octanol–water partition coefficient (Wildman–Crippen LogP) is 2.07. The molecule has 3 atom stereocenters. The molecule has 3 rings (SSSR count). The monoisotopic (exact) mass is 309 g/mol. The van der Waals surface area contributed by atoms with Gasteiger partial charge >= 0.3 is 6.03 Å². The molecular formula is C17H31N3O2. The summed E-state index contributed by atoms with van der Waals surface area (Å²) in [6, 6.07) is 1.13. The fraction of sp³-hybridized carbons (Fsp3) is 0.941. The van der Waals surface area contributed by atoms with Crippen molar-refractivity contribution in [1.29, 1.82) is 0 Å². The molecule has 3 unspecified atom stereocenters. The predicted molar refractivity (Wildman–Crippen MR) is 86.9 cm³/mol. The molecule has 3 fully saturated rings. The maximum absolute atomic E-state index is 12.4. The number of carbonyl (C=O) groups is 1. The van der Waals surface area contributed by atoms with Gasteiger partial charge in [-0.3, -0.25) is 0 Å². The Morgan fingerprint density at radius 3 is 2.50 bits per heavy atom. The van der Waals surface area contributed by atoms with Crippen LogP contribution in [0, 0.1) is 5.92 Å². The summed E-state index contributed by atoms with van der Waals surface area (Å²) in [5.74, 6) is 0.663. The van der Waals surface area contributed by atoms with Crippen LogP contribution in [0.3, 0.4) is 0 Å². The van der Waals surface area contributed by atoms with Gasteiger partial charge in [-0.2, -0.15) is 0 Å². The largest absolute Gasteiger partial charge is 0.378 e. The Hall–Kier alpha value is -0.810. The van der Waals surface area contributed by atoms with Crippen LogP contribution in [-0.2, 0) is 4.74 Å². The number of nitrogens with one attached hydrogen (secondary N) is 1. The van der Waals surface area contributed by atoms with E-state index in [1.807, 2.05) is 4.90 Å². The lowest BCUT2D eigenvalue weighted by molar-refractivity contribution is 0.0370. The Morgan fingerprint density at radius 1 is 1.14 bits per heavy atom. The van der Waals surface area contributed by atoms with E-state index in [0.717, 1.165) is 45.4 Å². The minimum atomic E-state index is 0.148. The molecule has 0 spiro atoms. The lowest BCUT2D eigenvalue weighted by atomic mass is 9.90. The van der Waals surface area contributed by atoms with Gasteiger partial charge in [0, 0.05) is 31.8 Å². The number of urea groups is 1. The van der Waals surface area contributed by atoms with E-state index in [4.69, 9.17) is 4.74 Å². The zero-order valence-electron chi connectivity index (χ0n) is 14.1. The molecule has 5 heteroatoms. The summed E-state index contributed by atoms with van der Waals surface area (Å²) in [6.45, 7) is 2.71. The van der Waals surface area contributed by atoms with Gasteiger partial charge < -0.3 is 19.9 Å². The van der Waals surface area contributed by atoms with E-state index in [0.29, 0.717) is 24.1 Å². The van der Waals surface area contributed by atoms with Gasteiger partial charge in [0.05, 0.1) is 6.10 Å². The number of piperidine rings is 1. The first-order valence-corrected chi connectivity index (χ1v) is 8.97. The van der Waals surface area contributed by atoms with Crippen LogP contribution >= 0.6 is 0 Å². The molecule has 0 aromatic carbocycles. The Morgan fingerprint density at radius 2 is 1.91 bits per heavy atom. The van der Waals surface area contributed by atoms with Crippen molar-refractivity contribution in [3.8, 4) is 0 Å². The van der Waals surface area contributed by atoms with Crippen LogP contribution in [0.15, 0.2) is 0 Å². The summed E-state index contributed by atoms with van der Waals surface area (Å²) in [7, 11) is 4.26. The molecule has 0 aromatic rings. The van der Waals surface area contributed by atoms with Crippen molar-refractivity contribution in [3.05, 3.63) is 0 Å². The molecule has 22 heavy (non-hydrogen) atoms. The second kappa shape index (κ2) is 7.18. The van der Waals surface area contributed by atoms with Crippen molar-refractivity contribution < 1.29 is 9.53 Å². The molecule has 2 aliphatic heterocycles. The molecule has 1 N–H and O–H groups in total. The van der Waals surface area contributed by atoms with Gasteiger partial charge in [0.15, 0.2) is 0 Å². The second-order valence-corrected chi connectivity index (χ2v) is 7.45. The van der Waals surface area contributed by atoms with Gasteiger partial charge in [-0.15, -0.1) is 0 Å². The fourth-order valence-electron chi connectivity index (χ4n) is 4.27. The van der Waals surface area contributed by atoms with Gasteiger partial charge in [-0.1, -0.05) is 0 Å². The van der Waals surface area contributed by atoms with Crippen LogP contribution in [0.2, 0.25) is 0 Å². The molecule has 2 amide bonds. The molecule has 1 saturated carbocycles. The normalized spacial score (nSPS) is 33.6. The van der Waals surface area contributed by atoms with E-state index >= 15 is 0 Å². The molecule has 3 aliphatic rings. The number of hydrogen-bond acceptors (Lipinski definition) is 3. The van der Waals surface area contributed by atoms with Gasteiger partial charge in [0.1, 0.15) is 0 Å². The number of amides is 2. The Kier molecular flexibility index (Phi) is 5.24. The number of ether oxygens (including phenoxy) is 1. The highest BCUT2D eigenvalue weighted by Crippen LogP contribution is 2.29. The minimum Gasteiger partial charge on any atom is -0.378 e. The molecule has 2 heterocycles. The third kappa shape index (κ3) is 3.74. The standard InChI is InChI=1S/C17H31N3O2/c1-19(2)15-6-5-14(12-15)18-17(21)20-9-7-13(8-10-20)16-4-3-11-22-16/h13-16H,3-12H2,1-2H3,(H,18,21). The van der Waals surface area contributed by atoms with Gasteiger partial charge in [0.25, 0.3) is 0 Å². The number of carbonyl (C=O) groups excluding carboxylic acids is 1. The molecule has 5 nitrogen and oxygen atoms in total. The van der Waals surface area contributed by atoms with E-state index in [1.54, 1.807) is 0 Å². The highest BCUT2D eigenvalue weighted by atomic mass is 16.5. The molecule has 0 bridgehead atoms. The number of hydrogen-bond donors (Lipinski definition) is 1. The molecule has 0 aromatic heterocycles. The van der Waals surface area contributed by atoms with Crippen molar-refractivity contribution in [2.75, 3.05) is 33.8 Å². The molecule has 1 aliphatic carbocycles. The average Bonchev–Trinajstić information content (AvgIpc) is 3.19. The maximum atomic E-state index is 12.4. The Labute approximate surface area is 134 Å². The number of nitrogens with zero attached hydrogens (tertiary/aromatic N) is 2. The molecule has 0 radical (unpaired) electrons. The Bertz CT molecular complexity index is 374. The SMILES string of the molecule is CN(C)C1CCC(NC(=O)N2CCC(C3CCCO3)CC2)C1. The number of rotatable bonds is 3. The van der Waals surface area contributed by atoms with Crippen LogP contribution in [0.25, 0.3) is 0 Å². The smallest absolute Gasteiger partial charge is 0.317 e. The first-order valence-electron chi connectivity index (χ1n) is 8.97. The van der Waals surface area contributed by atoms with Crippen molar-refractivity contribution >= 4 is 6.03 Å². The zero-order valence-corrected chi connectivity index (χ0v) is 14.1. The summed E-state index contributed by atoms with van der Waals surface area (Å²) < 4.78 is 5.81. The van der Waals surface area contributed by atoms with Gasteiger partial charge in [-0.05, 0) is 65.0 Å². The maximum Gasteiger partial charge on any atom is 0.317 e. The highest BCUT2D eigenvalue weighted by molar-refractivity contribution is 5.74. The topological polar surface area (TPSA) is 44.8 Å². The van der Waals surface area contributed by atoms with Crippen LogP contribution in [0.5, 0.6) is 0 Å². The molecule has 126 valence electrons. The first-order chi connectivity index (χ1) is 10.6. The van der Waals surface area contributed by atoms with E-state index in [-0.39, 0.29) is 6.03 Å².